The summed E-state index contributed by atoms with van der Waals surface area (Å²) in [7, 11) is 3.47. The van der Waals surface area contributed by atoms with E-state index in [4.69, 9.17) is 14.5 Å². The zero-order chi connectivity index (χ0) is 14.7. The van der Waals surface area contributed by atoms with Gasteiger partial charge in [0, 0.05) is 25.6 Å². The number of hydrogen-bond acceptors (Lipinski definition) is 4. The molecule has 2 heterocycles. The molecule has 0 amide bonds. The number of fused-ring (bicyclic) bond motifs is 1. The summed E-state index contributed by atoms with van der Waals surface area (Å²) in [5.74, 6) is 1.50. The second-order valence-electron chi connectivity index (χ2n) is 5.68. The predicted molar refractivity (Wildman–Crippen MR) is 83.6 cm³/mol. The lowest BCUT2D eigenvalue weighted by molar-refractivity contribution is 0.152. The first-order chi connectivity index (χ1) is 10.3. The summed E-state index contributed by atoms with van der Waals surface area (Å²) in [6.07, 6.45) is 1.21. The van der Waals surface area contributed by atoms with Crippen LogP contribution in [0.25, 0.3) is 10.9 Å². The zero-order valence-corrected chi connectivity index (χ0v) is 12.7. The van der Waals surface area contributed by atoms with Crippen molar-refractivity contribution in [3.05, 3.63) is 36.0 Å². The van der Waals surface area contributed by atoms with Crippen LogP contribution in [0.2, 0.25) is 0 Å². The Balaban J connectivity index is 1.76. The van der Waals surface area contributed by atoms with Gasteiger partial charge in [-0.05, 0) is 31.0 Å². The number of pyridine rings is 1. The van der Waals surface area contributed by atoms with Gasteiger partial charge in [0.1, 0.15) is 11.3 Å². The van der Waals surface area contributed by atoms with Crippen molar-refractivity contribution in [2.45, 2.75) is 13.0 Å². The van der Waals surface area contributed by atoms with Gasteiger partial charge < -0.3 is 9.47 Å². The number of ether oxygens (including phenoxy) is 2. The molecule has 2 aromatic rings. The fourth-order valence-electron chi connectivity index (χ4n) is 3.07. The zero-order valence-electron chi connectivity index (χ0n) is 12.7. The Bertz CT molecular complexity index is 615. The molecule has 0 N–H and O–H groups in total. The molecule has 1 aromatic heterocycles. The molecule has 4 heteroatoms. The molecular weight excluding hydrogens is 264 g/mol. The lowest BCUT2D eigenvalue weighted by Gasteiger charge is -2.16. The first-order valence-corrected chi connectivity index (χ1v) is 7.44. The lowest BCUT2D eigenvalue weighted by atomic mass is 10.1. The molecule has 0 aliphatic carbocycles. The van der Waals surface area contributed by atoms with Gasteiger partial charge in [-0.2, -0.15) is 0 Å². The SMILES string of the molecule is COCC1CCN(Cc2ccc3cccc(OC)c3n2)C1. The van der Waals surface area contributed by atoms with Crippen LogP contribution in [0.1, 0.15) is 12.1 Å². The van der Waals surface area contributed by atoms with Crippen molar-refractivity contribution in [1.82, 2.24) is 9.88 Å². The fraction of sp³-hybridized carbons (Fsp3) is 0.471. The average Bonchev–Trinajstić information content (AvgIpc) is 2.94. The summed E-state index contributed by atoms with van der Waals surface area (Å²) >= 11 is 0. The smallest absolute Gasteiger partial charge is 0.145 e. The van der Waals surface area contributed by atoms with Crippen LogP contribution in [0.4, 0.5) is 0 Å². The highest BCUT2D eigenvalue weighted by atomic mass is 16.5. The van der Waals surface area contributed by atoms with Gasteiger partial charge in [-0.3, -0.25) is 4.90 Å². The van der Waals surface area contributed by atoms with Crippen LogP contribution in [0.5, 0.6) is 5.75 Å². The molecule has 112 valence electrons. The minimum absolute atomic E-state index is 0.657. The summed E-state index contributed by atoms with van der Waals surface area (Å²) < 4.78 is 10.7. The van der Waals surface area contributed by atoms with E-state index in [1.54, 1.807) is 14.2 Å². The third-order valence-corrected chi connectivity index (χ3v) is 4.12. The molecule has 1 aliphatic heterocycles. The van der Waals surface area contributed by atoms with E-state index < -0.39 is 0 Å². The van der Waals surface area contributed by atoms with Crippen LogP contribution in [0, 0.1) is 5.92 Å². The maximum Gasteiger partial charge on any atom is 0.145 e. The average molecular weight is 286 g/mol. The third-order valence-electron chi connectivity index (χ3n) is 4.12. The van der Waals surface area contributed by atoms with Crippen LogP contribution < -0.4 is 4.74 Å². The quantitative estimate of drug-likeness (QED) is 0.846. The van der Waals surface area contributed by atoms with Gasteiger partial charge in [-0.1, -0.05) is 18.2 Å². The van der Waals surface area contributed by atoms with E-state index in [0.717, 1.165) is 48.6 Å². The van der Waals surface area contributed by atoms with Gasteiger partial charge >= 0.3 is 0 Å². The maximum absolute atomic E-state index is 5.41. The normalized spacial score (nSPS) is 19.2. The highest BCUT2D eigenvalue weighted by Crippen LogP contribution is 2.25. The Kier molecular flexibility index (Phi) is 4.36. The van der Waals surface area contributed by atoms with Crippen molar-refractivity contribution in [1.29, 1.82) is 0 Å². The molecule has 1 aromatic carbocycles. The second-order valence-corrected chi connectivity index (χ2v) is 5.68. The maximum atomic E-state index is 5.41. The number of likely N-dealkylation sites (tertiary alicyclic amines) is 1. The molecule has 4 nitrogen and oxygen atoms in total. The number of hydrogen-bond donors (Lipinski definition) is 0. The van der Waals surface area contributed by atoms with E-state index in [-0.39, 0.29) is 0 Å². The molecule has 0 saturated carbocycles. The largest absolute Gasteiger partial charge is 0.494 e. The molecule has 1 atom stereocenters. The summed E-state index contributed by atoms with van der Waals surface area (Å²) in [6.45, 7) is 3.98. The summed E-state index contributed by atoms with van der Waals surface area (Å²) in [6, 6.07) is 10.3. The van der Waals surface area contributed by atoms with Crippen LogP contribution in [-0.4, -0.2) is 43.8 Å². The number of methoxy groups -OCH3 is 2. The van der Waals surface area contributed by atoms with Crippen molar-refractivity contribution in [3.8, 4) is 5.75 Å². The van der Waals surface area contributed by atoms with Gasteiger partial charge in [0.25, 0.3) is 0 Å². The van der Waals surface area contributed by atoms with Crippen LogP contribution in [0.15, 0.2) is 30.3 Å². The Hall–Kier alpha value is -1.65. The number of nitrogens with zero attached hydrogens (tertiary/aromatic N) is 2. The molecular formula is C17H22N2O2. The van der Waals surface area contributed by atoms with Crippen LogP contribution in [-0.2, 0) is 11.3 Å². The van der Waals surface area contributed by atoms with Crippen molar-refractivity contribution in [2.24, 2.45) is 5.92 Å². The first kappa shape index (κ1) is 14.3. The summed E-state index contributed by atoms with van der Waals surface area (Å²) in [5.41, 5.74) is 2.05. The molecule has 0 radical (unpaired) electrons. The molecule has 1 fully saturated rings. The summed E-state index contributed by atoms with van der Waals surface area (Å²) in [4.78, 5) is 7.23. The number of aromatic nitrogens is 1. The lowest BCUT2D eigenvalue weighted by Crippen LogP contribution is -2.21. The predicted octanol–water partition coefficient (Wildman–Crippen LogP) is 2.71. The molecule has 0 bridgehead atoms. The van der Waals surface area contributed by atoms with Crippen LogP contribution in [0.3, 0.4) is 0 Å². The molecule has 1 saturated heterocycles. The van der Waals surface area contributed by atoms with E-state index in [0.29, 0.717) is 5.92 Å². The molecule has 21 heavy (non-hydrogen) atoms. The minimum Gasteiger partial charge on any atom is -0.494 e. The van der Waals surface area contributed by atoms with Crippen LogP contribution >= 0.6 is 0 Å². The second kappa shape index (κ2) is 6.41. The first-order valence-electron chi connectivity index (χ1n) is 7.44. The van der Waals surface area contributed by atoms with E-state index in [2.05, 4.69) is 23.1 Å². The Morgan fingerprint density at radius 3 is 2.95 bits per heavy atom. The van der Waals surface area contributed by atoms with Crippen molar-refractivity contribution in [3.63, 3.8) is 0 Å². The standard InChI is InChI=1S/C17H22N2O2/c1-20-12-13-8-9-19(10-13)11-15-7-6-14-4-3-5-16(21-2)17(14)18-15/h3-7,13H,8-12H2,1-2H3. The summed E-state index contributed by atoms with van der Waals surface area (Å²) in [5, 5.41) is 1.12. The van der Waals surface area contributed by atoms with E-state index in [1.165, 1.54) is 6.42 Å². The Labute approximate surface area is 125 Å². The van der Waals surface area contributed by atoms with E-state index >= 15 is 0 Å². The Morgan fingerprint density at radius 1 is 1.24 bits per heavy atom. The van der Waals surface area contributed by atoms with Gasteiger partial charge in [-0.25, -0.2) is 4.98 Å². The van der Waals surface area contributed by atoms with Crippen molar-refractivity contribution in [2.75, 3.05) is 33.9 Å². The van der Waals surface area contributed by atoms with Gasteiger partial charge in [-0.15, -0.1) is 0 Å². The number of benzene rings is 1. The fourth-order valence-corrected chi connectivity index (χ4v) is 3.07. The van der Waals surface area contributed by atoms with E-state index in [1.807, 2.05) is 12.1 Å². The highest BCUT2D eigenvalue weighted by molar-refractivity contribution is 5.84. The molecule has 1 unspecified atom stereocenters. The van der Waals surface area contributed by atoms with Gasteiger partial charge in [0.2, 0.25) is 0 Å². The van der Waals surface area contributed by atoms with Gasteiger partial charge in [0.05, 0.1) is 19.4 Å². The third kappa shape index (κ3) is 3.17. The molecule has 1 aliphatic rings. The topological polar surface area (TPSA) is 34.6 Å². The number of para-hydroxylation sites is 1. The molecule has 3 rings (SSSR count). The number of rotatable bonds is 5. The molecule has 0 spiro atoms. The van der Waals surface area contributed by atoms with E-state index in [9.17, 15) is 0 Å². The Morgan fingerprint density at radius 2 is 2.14 bits per heavy atom. The van der Waals surface area contributed by atoms with Gasteiger partial charge in [0.15, 0.2) is 0 Å². The highest BCUT2D eigenvalue weighted by Gasteiger charge is 2.22. The van der Waals surface area contributed by atoms with Crippen molar-refractivity contribution >= 4 is 10.9 Å². The minimum atomic E-state index is 0.657. The van der Waals surface area contributed by atoms with Crippen molar-refractivity contribution < 1.29 is 9.47 Å². The monoisotopic (exact) mass is 286 g/mol.